The van der Waals surface area contributed by atoms with E-state index < -0.39 is 15.3 Å². The van der Waals surface area contributed by atoms with Gasteiger partial charge in [0, 0.05) is 10.6 Å². The number of benzene rings is 5. The maximum atomic E-state index is 14.6. The van der Waals surface area contributed by atoms with Gasteiger partial charge in [0.05, 0.1) is 6.10 Å². The molecule has 0 aliphatic carbocycles. The third kappa shape index (κ3) is 5.13. The zero-order valence-electron chi connectivity index (χ0n) is 20.1. The van der Waals surface area contributed by atoms with Crippen LogP contribution >= 0.6 is 15.3 Å². The molecule has 5 rings (SSSR count). The predicted molar refractivity (Wildman–Crippen MR) is 154 cm³/mol. The molecule has 0 aromatic heterocycles. The summed E-state index contributed by atoms with van der Waals surface area (Å²) in [6.45, 7) is 2.01. The van der Waals surface area contributed by atoms with E-state index in [2.05, 4.69) is 78.9 Å². The van der Waals surface area contributed by atoms with E-state index in [1.807, 2.05) is 73.7 Å². The van der Waals surface area contributed by atoms with E-state index in [-0.39, 0.29) is 6.10 Å². The van der Waals surface area contributed by atoms with Gasteiger partial charge in [-0.05, 0) is 60.6 Å². The molecule has 0 aliphatic heterocycles. The summed E-state index contributed by atoms with van der Waals surface area (Å²) in [5.74, 6) is 0. The molecule has 0 saturated carbocycles. The van der Waals surface area contributed by atoms with E-state index in [1.54, 1.807) is 0 Å². The summed E-state index contributed by atoms with van der Waals surface area (Å²) in [5.41, 5.74) is 1.06. The van der Waals surface area contributed by atoms with Crippen molar-refractivity contribution in [1.82, 2.24) is 0 Å². The Morgan fingerprint density at radius 3 is 1.42 bits per heavy atom. The highest BCUT2D eigenvalue weighted by atomic mass is 31.2. The Morgan fingerprint density at radius 2 is 0.944 bits per heavy atom. The Bertz CT molecular complexity index is 1360. The van der Waals surface area contributed by atoms with Crippen LogP contribution in [0.4, 0.5) is 0 Å². The lowest BCUT2D eigenvalue weighted by atomic mass is 10.1. The van der Waals surface area contributed by atoms with Crippen LogP contribution in [0.5, 0.6) is 0 Å². The molecule has 0 aliphatic rings. The monoisotopic (exact) mass is 506 g/mol. The molecule has 0 unspecified atom stereocenters. The fourth-order valence-electron chi connectivity index (χ4n) is 4.42. The molecule has 4 heteroatoms. The van der Waals surface area contributed by atoms with Gasteiger partial charge in [-0.3, -0.25) is 4.57 Å². The minimum Gasteiger partial charge on any atom is -0.314 e. The topological polar surface area (TPSA) is 26.3 Å². The lowest BCUT2D eigenvalue weighted by Gasteiger charge is -2.28. The maximum Gasteiger partial charge on any atom is 0.261 e. The van der Waals surface area contributed by atoms with Gasteiger partial charge >= 0.3 is 0 Å². The van der Waals surface area contributed by atoms with Crippen molar-refractivity contribution in [3.63, 3.8) is 0 Å². The molecule has 0 spiro atoms. The van der Waals surface area contributed by atoms with Gasteiger partial charge in [0.1, 0.15) is 0 Å². The first-order valence-corrected chi connectivity index (χ1v) is 15.0. The number of hydrogen-bond acceptors (Lipinski definition) is 2. The number of hydrogen-bond donors (Lipinski definition) is 0. The molecule has 0 saturated heterocycles. The zero-order valence-corrected chi connectivity index (χ0v) is 21.9. The molecular formula is C32H28O2P2. The van der Waals surface area contributed by atoms with Gasteiger partial charge in [-0.15, -0.1) is 0 Å². The lowest BCUT2D eigenvalue weighted by Crippen LogP contribution is -2.26. The van der Waals surface area contributed by atoms with Crippen molar-refractivity contribution < 1.29 is 9.09 Å². The molecule has 36 heavy (non-hydrogen) atoms. The maximum absolute atomic E-state index is 14.6. The first-order chi connectivity index (χ1) is 17.7. The SMILES string of the molecule is C[C@@H](OP(=O)(c1ccccc1)c1ccccc1)c1ccccc1P(c1ccccc1)c1ccccc1. The summed E-state index contributed by atoms with van der Waals surface area (Å²) >= 11 is 0. The average Bonchev–Trinajstić information content (AvgIpc) is 2.95. The van der Waals surface area contributed by atoms with Gasteiger partial charge in [0.25, 0.3) is 7.37 Å². The highest BCUT2D eigenvalue weighted by molar-refractivity contribution is 7.80. The van der Waals surface area contributed by atoms with Crippen molar-refractivity contribution in [2.45, 2.75) is 13.0 Å². The Kier molecular flexibility index (Phi) is 7.59. The molecule has 0 radical (unpaired) electrons. The van der Waals surface area contributed by atoms with E-state index >= 15 is 0 Å². The van der Waals surface area contributed by atoms with Crippen LogP contribution in [0, 0.1) is 0 Å². The third-order valence-electron chi connectivity index (χ3n) is 6.14. The molecule has 0 bridgehead atoms. The molecule has 0 amide bonds. The summed E-state index contributed by atoms with van der Waals surface area (Å²) < 4.78 is 21.2. The van der Waals surface area contributed by atoms with Crippen molar-refractivity contribution in [1.29, 1.82) is 0 Å². The van der Waals surface area contributed by atoms with Gasteiger partial charge < -0.3 is 4.52 Å². The molecule has 5 aromatic rings. The summed E-state index contributed by atoms with van der Waals surface area (Å²) in [4.78, 5) is 0. The second-order valence-corrected chi connectivity index (χ2v) is 13.1. The van der Waals surface area contributed by atoms with Crippen LogP contribution in [-0.4, -0.2) is 0 Å². The van der Waals surface area contributed by atoms with Gasteiger partial charge in [0.2, 0.25) is 0 Å². The van der Waals surface area contributed by atoms with Crippen molar-refractivity contribution in [2.75, 3.05) is 0 Å². The van der Waals surface area contributed by atoms with Crippen LogP contribution in [0.3, 0.4) is 0 Å². The lowest BCUT2D eigenvalue weighted by molar-refractivity contribution is 0.240. The summed E-state index contributed by atoms with van der Waals surface area (Å²) in [6.07, 6.45) is -0.384. The van der Waals surface area contributed by atoms with Crippen molar-refractivity contribution in [2.24, 2.45) is 0 Å². The summed E-state index contributed by atoms with van der Waals surface area (Å²) in [6, 6.07) is 48.8. The van der Waals surface area contributed by atoms with Crippen LogP contribution in [0.15, 0.2) is 146 Å². The standard InChI is InChI=1S/C32H28O2P2/c1-26(34-36(33,29-20-10-4-11-21-29)30-22-12-5-13-23-30)31-24-14-15-25-32(31)35(27-16-6-2-7-17-27)28-18-8-3-9-19-28/h2-26H,1H3/t26-/m1/s1. The molecular weight excluding hydrogens is 478 g/mol. The molecule has 2 nitrogen and oxygen atoms in total. The smallest absolute Gasteiger partial charge is 0.261 e. The molecule has 0 fully saturated rings. The largest absolute Gasteiger partial charge is 0.314 e. The van der Waals surface area contributed by atoms with Crippen LogP contribution in [0.1, 0.15) is 18.6 Å². The normalized spacial score (nSPS) is 12.4. The minimum atomic E-state index is -3.33. The van der Waals surface area contributed by atoms with Crippen LogP contribution in [0.2, 0.25) is 0 Å². The van der Waals surface area contributed by atoms with Gasteiger partial charge in [-0.2, -0.15) is 0 Å². The van der Waals surface area contributed by atoms with Crippen LogP contribution in [0.25, 0.3) is 0 Å². The van der Waals surface area contributed by atoms with Crippen molar-refractivity contribution in [3.05, 3.63) is 151 Å². The Hall–Kier alpha value is -3.28. The van der Waals surface area contributed by atoms with Gasteiger partial charge in [-0.25, -0.2) is 0 Å². The van der Waals surface area contributed by atoms with Crippen molar-refractivity contribution in [3.8, 4) is 0 Å². The molecule has 178 valence electrons. The summed E-state index contributed by atoms with van der Waals surface area (Å²) in [5, 5.41) is 5.16. The molecule has 5 aromatic carbocycles. The fraction of sp³-hybridized carbons (Fsp3) is 0.0625. The van der Waals surface area contributed by atoms with Crippen molar-refractivity contribution >= 4 is 41.8 Å². The Morgan fingerprint density at radius 1 is 0.556 bits per heavy atom. The summed E-state index contributed by atoms with van der Waals surface area (Å²) in [7, 11) is -4.15. The molecule has 0 N–H and O–H groups in total. The minimum absolute atomic E-state index is 0.384. The van der Waals surface area contributed by atoms with E-state index in [1.165, 1.54) is 15.9 Å². The van der Waals surface area contributed by atoms with Crippen LogP contribution in [-0.2, 0) is 9.09 Å². The van der Waals surface area contributed by atoms with Gasteiger partial charge in [0.15, 0.2) is 0 Å². The zero-order chi connectivity index (χ0) is 24.8. The quantitative estimate of drug-likeness (QED) is 0.226. The fourth-order valence-corrected chi connectivity index (χ4v) is 9.19. The van der Waals surface area contributed by atoms with E-state index in [4.69, 9.17) is 4.52 Å². The first-order valence-electron chi connectivity index (χ1n) is 12.1. The number of rotatable bonds is 8. The highest BCUT2D eigenvalue weighted by Gasteiger charge is 2.32. The molecule has 0 heterocycles. The Labute approximate surface area is 214 Å². The highest BCUT2D eigenvalue weighted by Crippen LogP contribution is 2.49. The average molecular weight is 507 g/mol. The third-order valence-corrected chi connectivity index (χ3v) is 11.2. The predicted octanol–water partition coefficient (Wildman–Crippen LogP) is 6.45. The molecule has 1 atom stereocenters. The second-order valence-electron chi connectivity index (χ2n) is 8.54. The first kappa shape index (κ1) is 24.4. The second kappa shape index (κ2) is 11.2. The Balaban J connectivity index is 1.60. The van der Waals surface area contributed by atoms with E-state index in [9.17, 15) is 4.57 Å². The van der Waals surface area contributed by atoms with Crippen LogP contribution < -0.4 is 26.5 Å². The van der Waals surface area contributed by atoms with Gasteiger partial charge in [-0.1, -0.05) is 121 Å². The van der Waals surface area contributed by atoms with E-state index in [0.717, 1.165) is 5.56 Å². The van der Waals surface area contributed by atoms with E-state index in [0.29, 0.717) is 10.6 Å².